The zero-order chi connectivity index (χ0) is 3.54. The Morgan fingerprint density at radius 3 is 3.00 bits per heavy atom. The Morgan fingerprint density at radius 2 is 2.80 bits per heavy atom. The second kappa shape index (κ2) is 2.04. The van der Waals surface area contributed by atoms with Crippen LogP contribution in [0.5, 0.6) is 0 Å². The van der Waals surface area contributed by atoms with Gasteiger partial charge in [-0.3, -0.25) is 0 Å². The minimum absolute atomic E-state index is 0.646. The van der Waals surface area contributed by atoms with Crippen LogP contribution in [0.3, 0.4) is 0 Å². The predicted molar refractivity (Wildman–Crippen MR) is 28.9 cm³/mol. The normalized spacial score (nSPS) is 24.0. The average molecular weight is 148 g/mol. The van der Waals surface area contributed by atoms with E-state index in [1.54, 1.807) is 0 Å². The molecule has 0 radical (unpaired) electrons. The van der Waals surface area contributed by atoms with Crippen molar-refractivity contribution in [2.24, 2.45) is 0 Å². The Kier molecular flexibility index (Phi) is 1.61. The molecule has 0 fully saturated rings. The van der Waals surface area contributed by atoms with Crippen LogP contribution >= 0.6 is 10.0 Å². The first kappa shape index (κ1) is 3.95. The van der Waals surface area contributed by atoms with Crippen LogP contribution < -0.4 is 0 Å². The van der Waals surface area contributed by atoms with Gasteiger partial charge in [0.15, 0.2) is 0 Å². The van der Waals surface area contributed by atoms with E-state index in [0.29, 0.717) is 14.2 Å². The first-order valence-electron chi connectivity index (χ1n) is 1.64. The molecule has 0 saturated carbocycles. The molecule has 0 amide bonds. The van der Waals surface area contributed by atoms with E-state index in [-0.39, 0.29) is 0 Å². The third-order valence-electron chi connectivity index (χ3n) is 0.487. The molecule has 28 valence electrons. The van der Waals surface area contributed by atoms with E-state index in [1.165, 1.54) is 12.2 Å². The van der Waals surface area contributed by atoms with E-state index >= 15 is 0 Å². The van der Waals surface area contributed by atoms with Crippen LogP contribution in [-0.4, -0.2) is 24.7 Å². The number of hydrogen-bond donors (Lipinski definition) is 0. The molecule has 0 atom stereocenters. The fourth-order valence-corrected chi connectivity index (χ4v) is 4.11. The molecule has 0 N–H and O–H groups in total. The molecule has 5 heavy (non-hydrogen) atoms. The molecule has 1 aliphatic rings. The second-order valence-electron chi connectivity index (χ2n) is 0.910. The van der Waals surface area contributed by atoms with E-state index in [1.807, 2.05) is 0 Å². The van der Waals surface area contributed by atoms with Crippen molar-refractivity contribution in [2.45, 2.75) is 6.42 Å². The van der Waals surface area contributed by atoms with Crippen molar-refractivity contribution < 1.29 is 0 Å². The van der Waals surface area contributed by atoms with Gasteiger partial charge in [0.25, 0.3) is 0 Å². The third-order valence-corrected chi connectivity index (χ3v) is 4.77. The van der Waals surface area contributed by atoms with Gasteiger partial charge in [-0.15, -0.1) is 0 Å². The topological polar surface area (TPSA) is 0 Å². The summed E-state index contributed by atoms with van der Waals surface area (Å²) in [5.74, 6) is 1.40. The van der Waals surface area contributed by atoms with Crippen LogP contribution in [0.15, 0.2) is 0 Å². The van der Waals surface area contributed by atoms with Crippen LogP contribution in [0, 0.1) is 0 Å². The molecule has 2 heteroatoms. The van der Waals surface area contributed by atoms with Crippen LogP contribution in [0.25, 0.3) is 0 Å². The maximum absolute atomic E-state index is 2.42. The van der Waals surface area contributed by atoms with Crippen LogP contribution in [0.1, 0.15) is 6.42 Å². The first-order chi connectivity index (χ1) is 2.50. The van der Waals surface area contributed by atoms with Gasteiger partial charge in [0.1, 0.15) is 0 Å². The standard InChI is InChI=1S/C3H5AsS/c1-2-4-5-3-1/h2H,1,3H2. The van der Waals surface area contributed by atoms with Gasteiger partial charge >= 0.3 is 41.2 Å². The summed E-state index contributed by atoms with van der Waals surface area (Å²) in [4.78, 5) is 2.42. The monoisotopic (exact) mass is 148 g/mol. The Balaban J connectivity index is 2.32. The second-order valence-corrected chi connectivity index (χ2v) is 5.51. The Bertz CT molecular complexity index is 44.9. The van der Waals surface area contributed by atoms with Gasteiger partial charge in [-0.05, 0) is 0 Å². The molecule has 1 aliphatic heterocycles. The molecule has 0 spiro atoms. The van der Waals surface area contributed by atoms with Crippen molar-refractivity contribution in [2.75, 3.05) is 5.75 Å². The van der Waals surface area contributed by atoms with E-state index in [4.69, 9.17) is 0 Å². The summed E-state index contributed by atoms with van der Waals surface area (Å²) in [6.07, 6.45) is 1.38. The quantitative estimate of drug-likeness (QED) is 0.452. The van der Waals surface area contributed by atoms with Crippen LogP contribution in [0.2, 0.25) is 0 Å². The molecule has 0 bridgehead atoms. The van der Waals surface area contributed by atoms with Crippen LogP contribution in [0.4, 0.5) is 0 Å². The minimum atomic E-state index is 0.646. The molecular formula is C3H5AsS. The summed E-state index contributed by atoms with van der Waals surface area (Å²) in [7, 11) is 2.11. The van der Waals surface area contributed by atoms with Crippen molar-refractivity contribution in [3.8, 4) is 0 Å². The summed E-state index contributed by atoms with van der Waals surface area (Å²) in [6, 6.07) is 0. The number of hydrogen-bond acceptors (Lipinski definition) is 1. The molecule has 0 aromatic heterocycles. The molecule has 1 rings (SSSR count). The summed E-state index contributed by atoms with van der Waals surface area (Å²) < 4.78 is 0. The molecule has 0 nitrogen and oxygen atoms in total. The molecule has 0 saturated heterocycles. The van der Waals surface area contributed by atoms with Gasteiger partial charge in [-0.2, -0.15) is 0 Å². The van der Waals surface area contributed by atoms with Gasteiger partial charge in [0, 0.05) is 0 Å². The van der Waals surface area contributed by atoms with Gasteiger partial charge < -0.3 is 0 Å². The maximum atomic E-state index is 2.42. The molecule has 0 aromatic rings. The fraction of sp³-hybridized carbons (Fsp3) is 0.667. The van der Waals surface area contributed by atoms with Crippen molar-refractivity contribution >= 4 is 29.0 Å². The molecular weight excluding hydrogens is 143 g/mol. The zero-order valence-electron chi connectivity index (χ0n) is 2.85. The average Bonchev–Trinajstić information content (AvgIpc) is 1.76. The van der Waals surface area contributed by atoms with Gasteiger partial charge in [-0.25, -0.2) is 0 Å². The van der Waals surface area contributed by atoms with Gasteiger partial charge in [0.05, 0.1) is 0 Å². The summed E-state index contributed by atoms with van der Waals surface area (Å²) >= 11 is 0.646. The zero-order valence-corrected chi connectivity index (χ0v) is 5.54. The predicted octanol–water partition coefficient (Wildman–Crippen LogP) is 0.545. The third kappa shape index (κ3) is 1.10. The Labute approximate surface area is 41.5 Å². The van der Waals surface area contributed by atoms with Crippen molar-refractivity contribution in [1.29, 1.82) is 0 Å². The molecule has 0 aromatic carbocycles. The summed E-state index contributed by atoms with van der Waals surface area (Å²) in [5.41, 5.74) is 0. The Hall–Kier alpha value is 0.778. The molecule has 0 aliphatic carbocycles. The van der Waals surface area contributed by atoms with Crippen molar-refractivity contribution in [1.82, 2.24) is 0 Å². The number of rotatable bonds is 0. The van der Waals surface area contributed by atoms with Gasteiger partial charge in [0.2, 0.25) is 0 Å². The fourth-order valence-electron chi connectivity index (χ4n) is 0.264. The SMILES string of the molecule is C1=[As]SCC1. The van der Waals surface area contributed by atoms with E-state index < -0.39 is 0 Å². The molecule has 0 unspecified atom stereocenters. The molecule has 1 heterocycles. The summed E-state index contributed by atoms with van der Waals surface area (Å²) in [6.45, 7) is 0. The first-order valence-corrected chi connectivity index (χ1v) is 5.96. The van der Waals surface area contributed by atoms with E-state index in [9.17, 15) is 0 Å². The van der Waals surface area contributed by atoms with Crippen molar-refractivity contribution in [3.63, 3.8) is 0 Å². The van der Waals surface area contributed by atoms with E-state index in [0.717, 1.165) is 0 Å². The van der Waals surface area contributed by atoms with Crippen molar-refractivity contribution in [3.05, 3.63) is 0 Å². The Morgan fingerprint density at radius 1 is 1.80 bits per heavy atom. The van der Waals surface area contributed by atoms with E-state index in [2.05, 4.69) is 14.8 Å². The van der Waals surface area contributed by atoms with Gasteiger partial charge in [-0.1, -0.05) is 0 Å². The van der Waals surface area contributed by atoms with Crippen LogP contribution in [-0.2, 0) is 0 Å². The summed E-state index contributed by atoms with van der Waals surface area (Å²) in [5, 5.41) is 0.